The van der Waals surface area contributed by atoms with Gasteiger partial charge in [0.15, 0.2) is 0 Å². The average molecular weight is 684 g/mol. The topological polar surface area (TPSA) is 264 Å². The van der Waals surface area contributed by atoms with E-state index in [2.05, 4.69) is 28.2 Å². The van der Waals surface area contributed by atoms with Gasteiger partial charge in [0, 0.05) is 6.42 Å². The second-order valence-corrected chi connectivity index (χ2v) is 12.7. The predicted molar refractivity (Wildman–Crippen MR) is 191 cm³/mol. The summed E-state index contributed by atoms with van der Waals surface area (Å²) in [5, 5.41) is 10.9. The number of primary amides is 1. The van der Waals surface area contributed by atoms with Crippen molar-refractivity contribution in [3.63, 3.8) is 0 Å². The molecule has 48 heavy (non-hydrogen) atoms. The third kappa shape index (κ3) is 22.7. The lowest BCUT2D eigenvalue weighted by Gasteiger charge is -2.26. The summed E-state index contributed by atoms with van der Waals surface area (Å²) in [5.74, 6) is -2.61. The van der Waals surface area contributed by atoms with Crippen LogP contribution in [0.5, 0.6) is 0 Å². The summed E-state index contributed by atoms with van der Waals surface area (Å²) in [6, 6.07) is -3.83. The molecule has 0 unspecified atom stereocenters. The van der Waals surface area contributed by atoms with Crippen LogP contribution in [0, 0.1) is 0 Å². The molecular weight excluding hydrogens is 614 g/mol. The van der Waals surface area contributed by atoms with Gasteiger partial charge in [0.1, 0.15) is 24.2 Å². The molecule has 14 heteroatoms. The molecule has 14 N–H and O–H groups in total. The molecule has 14 nitrogen and oxygen atoms in total. The van der Waals surface area contributed by atoms with Gasteiger partial charge in [0.05, 0.1) is 0 Å². The van der Waals surface area contributed by atoms with E-state index >= 15 is 0 Å². The molecule has 0 aliphatic carbocycles. The summed E-state index contributed by atoms with van der Waals surface area (Å²) < 4.78 is 0. The zero-order chi connectivity index (χ0) is 36.0. The molecule has 0 aromatic carbocycles. The quantitative estimate of drug-likeness (QED) is 0.0459. The Kier molecular flexibility index (Phi) is 28.5. The van der Waals surface area contributed by atoms with E-state index in [0.717, 1.165) is 25.7 Å². The van der Waals surface area contributed by atoms with Crippen molar-refractivity contribution >= 4 is 29.5 Å². The largest absolute Gasteiger partial charge is 0.368 e. The number of rotatable bonds is 32. The first-order valence-corrected chi connectivity index (χ1v) is 18.4. The summed E-state index contributed by atoms with van der Waals surface area (Å²) >= 11 is 0. The van der Waals surface area contributed by atoms with Gasteiger partial charge in [0.25, 0.3) is 0 Å². The van der Waals surface area contributed by atoms with Crippen LogP contribution in [0.25, 0.3) is 0 Å². The van der Waals surface area contributed by atoms with E-state index in [-0.39, 0.29) is 38.3 Å². The SMILES string of the molecule is CCCCCCCCCCCCCC(=O)N[C@@H](CCCN)C(=O)N[C@@H](CCCN)C(=O)N[C@@H](CCCN)C(=O)N[C@@H](CCCN)C(N)=O. The van der Waals surface area contributed by atoms with Crippen molar-refractivity contribution in [3.05, 3.63) is 0 Å². The van der Waals surface area contributed by atoms with Crippen molar-refractivity contribution in [3.8, 4) is 0 Å². The third-order valence-corrected chi connectivity index (χ3v) is 8.37. The normalized spacial score (nSPS) is 13.6. The van der Waals surface area contributed by atoms with Crippen molar-refractivity contribution in [1.82, 2.24) is 21.3 Å². The highest BCUT2D eigenvalue weighted by Gasteiger charge is 2.30. The first-order chi connectivity index (χ1) is 23.1. The Morgan fingerprint density at radius 1 is 0.438 bits per heavy atom. The molecule has 280 valence electrons. The minimum Gasteiger partial charge on any atom is -0.368 e. The monoisotopic (exact) mass is 684 g/mol. The van der Waals surface area contributed by atoms with Crippen LogP contribution in [-0.2, 0) is 24.0 Å². The van der Waals surface area contributed by atoms with Gasteiger partial charge in [-0.2, -0.15) is 0 Å². The van der Waals surface area contributed by atoms with Gasteiger partial charge < -0.3 is 49.9 Å². The van der Waals surface area contributed by atoms with Crippen LogP contribution in [0.4, 0.5) is 0 Å². The summed E-state index contributed by atoms with van der Waals surface area (Å²) in [7, 11) is 0. The Morgan fingerprint density at radius 3 is 1.10 bits per heavy atom. The fourth-order valence-corrected chi connectivity index (χ4v) is 5.41. The number of carbonyl (C=O) groups excluding carboxylic acids is 5. The van der Waals surface area contributed by atoms with Crippen LogP contribution >= 0.6 is 0 Å². The Labute approximate surface area is 288 Å². The van der Waals surface area contributed by atoms with E-state index in [1.807, 2.05) is 0 Å². The Hall–Kier alpha value is -2.81. The molecule has 0 saturated carbocycles. The van der Waals surface area contributed by atoms with Crippen molar-refractivity contribution in [1.29, 1.82) is 0 Å². The molecule has 5 amide bonds. The van der Waals surface area contributed by atoms with Gasteiger partial charge in [-0.1, -0.05) is 71.1 Å². The molecule has 0 aliphatic rings. The van der Waals surface area contributed by atoms with Gasteiger partial charge in [0.2, 0.25) is 29.5 Å². The maximum Gasteiger partial charge on any atom is 0.243 e. The molecular formula is C34H69N9O5. The van der Waals surface area contributed by atoms with Crippen molar-refractivity contribution < 1.29 is 24.0 Å². The van der Waals surface area contributed by atoms with E-state index in [9.17, 15) is 24.0 Å². The Balaban J connectivity index is 5.22. The number of hydrogen-bond acceptors (Lipinski definition) is 9. The lowest BCUT2D eigenvalue weighted by atomic mass is 10.0. The molecule has 0 radical (unpaired) electrons. The summed E-state index contributed by atoms with van der Waals surface area (Å²) in [4.78, 5) is 64.6. The fourth-order valence-electron chi connectivity index (χ4n) is 5.41. The maximum absolute atomic E-state index is 13.4. The molecule has 0 fully saturated rings. The number of carbonyl (C=O) groups is 5. The first kappa shape index (κ1) is 45.2. The van der Waals surface area contributed by atoms with E-state index in [1.165, 1.54) is 44.9 Å². The molecule has 0 aliphatic heterocycles. The Morgan fingerprint density at radius 2 is 0.750 bits per heavy atom. The second-order valence-electron chi connectivity index (χ2n) is 12.7. The van der Waals surface area contributed by atoms with Crippen LogP contribution in [-0.4, -0.2) is 79.9 Å². The zero-order valence-corrected chi connectivity index (χ0v) is 29.7. The first-order valence-electron chi connectivity index (χ1n) is 18.4. The highest BCUT2D eigenvalue weighted by Crippen LogP contribution is 2.12. The van der Waals surface area contributed by atoms with Gasteiger partial charge in [-0.3, -0.25) is 24.0 Å². The number of nitrogens with two attached hydrogens (primary N) is 5. The van der Waals surface area contributed by atoms with Crippen molar-refractivity contribution in [2.75, 3.05) is 26.2 Å². The highest BCUT2D eigenvalue weighted by molar-refractivity contribution is 5.95. The van der Waals surface area contributed by atoms with Gasteiger partial charge in [-0.05, 0) is 84.0 Å². The van der Waals surface area contributed by atoms with Gasteiger partial charge in [-0.25, -0.2) is 0 Å². The van der Waals surface area contributed by atoms with Crippen LogP contribution < -0.4 is 49.9 Å². The van der Waals surface area contributed by atoms with Gasteiger partial charge >= 0.3 is 0 Å². The third-order valence-electron chi connectivity index (χ3n) is 8.37. The van der Waals surface area contributed by atoms with Gasteiger partial charge in [-0.15, -0.1) is 0 Å². The standard InChI is InChI=1S/C34H69N9O5/c1-2-3-4-5-6-7-8-9-10-11-12-21-30(44)40-27(18-14-23-36)32(46)42-29(20-16-25-38)34(48)43-28(19-15-24-37)33(47)41-26(31(39)45)17-13-22-35/h26-29H,2-25,35-38H2,1H3,(H2,39,45)(H,40,44)(H,41,47)(H,42,46)(H,43,48)/t26-,27-,28-,29-/m0/s1. The fraction of sp³-hybridized carbons (Fsp3) is 0.853. The maximum atomic E-state index is 13.4. The zero-order valence-electron chi connectivity index (χ0n) is 29.7. The van der Waals surface area contributed by atoms with Crippen molar-refractivity contribution in [2.24, 2.45) is 28.7 Å². The minimum atomic E-state index is -1.02. The number of hydrogen-bond donors (Lipinski definition) is 9. The summed E-state index contributed by atoms with van der Waals surface area (Å²) in [5.41, 5.74) is 28.1. The average Bonchev–Trinajstić information content (AvgIpc) is 3.06. The molecule has 0 rings (SSSR count). The van der Waals surface area contributed by atoms with E-state index < -0.39 is 47.8 Å². The van der Waals surface area contributed by atoms with Crippen LogP contribution in [0.1, 0.15) is 135 Å². The van der Waals surface area contributed by atoms with Crippen molar-refractivity contribution in [2.45, 2.75) is 160 Å². The number of amides is 5. The molecule has 4 atom stereocenters. The van der Waals surface area contributed by atoms with E-state index in [4.69, 9.17) is 28.7 Å². The van der Waals surface area contributed by atoms with E-state index in [1.54, 1.807) is 0 Å². The molecule has 0 bridgehead atoms. The number of nitrogens with one attached hydrogen (secondary N) is 4. The molecule has 0 aromatic heterocycles. The minimum absolute atomic E-state index is 0.211. The van der Waals surface area contributed by atoms with Crippen LogP contribution in [0.2, 0.25) is 0 Å². The number of unbranched alkanes of at least 4 members (excludes halogenated alkanes) is 10. The lowest BCUT2D eigenvalue weighted by Crippen LogP contribution is -2.58. The molecule has 0 heterocycles. The molecule has 0 aromatic rings. The van der Waals surface area contributed by atoms with E-state index in [0.29, 0.717) is 51.6 Å². The molecule has 0 spiro atoms. The summed E-state index contributed by atoms with van der Waals surface area (Å²) in [6.45, 7) is 3.44. The smallest absolute Gasteiger partial charge is 0.243 e. The predicted octanol–water partition coefficient (Wildman–Crippen LogP) is 1.07. The second kappa shape index (κ2) is 30.3. The highest BCUT2D eigenvalue weighted by atomic mass is 16.2. The lowest BCUT2D eigenvalue weighted by molar-refractivity contribution is -0.134. The Bertz CT molecular complexity index is 893. The molecule has 0 saturated heterocycles. The van der Waals surface area contributed by atoms with Crippen LogP contribution in [0.3, 0.4) is 0 Å². The van der Waals surface area contributed by atoms with Crippen LogP contribution in [0.15, 0.2) is 0 Å². The summed E-state index contributed by atoms with van der Waals surface area (Å²) in [6.07, 6.45) is 16.1.